The highest BCUT2D eigenvalue weighted by Crippen LogP contribution is 2.23. The van der Waals surface area contributed by atoms with Crippen LogP contribution < -0.4 is 5.32 Å². The van der Waals surface area contributed by atoms with Crippen molar-refractivity contribution in [3.63, 3.8) is 0 Å². The lowest BCUT2D eigenvalue weighted by Gasteiger charge is -2.18. The first-order valence-corrected chi connectivity index (χ1v) is 8.10. The Balaban J connectivity index is 1.74. The first kappa shape index (κ1) is 16.6. The number of hydrogen-bond donors (Lipinski definition) is 2. The summed E-state index contributed by atoms with van der Waals surface area (Å²) in [5.41, 5.74) is 2.21. The maximum atomic E-state index is 6.07. The van der Waals surface area contributed by atoms with Crippen LogP contribution in [0, 0.1) is 12.8 Å². The number of aromatic nitrogens is 5. The van der Waals surface area contributed by atoms with Crippen molar-refractivity contribution in [2.45, 2.75) is 33.4 Å². The third kappa shape index (κ3) is 3.63. The van der Waals surface area contributed by atoms with Gasteiger partial charge < -0.3 is 9.84 Å². The Morgan fingerprint density at radius 3 is 2.83 bits per heavy atom. The minimum atomic E-state index is -0.0647. The summed E-state index contributed by atoms with van der Waals surface area (Å²) in [5, 5.41) is 14.7. The van der Waals surface area contributed by atoms with Crippen molar-refractivity contribution >= 4 is 11.6 Å². The van der Waals surface area contributed by atoms with Crippen molar-refractivity contribution in [3.8, 4) is 11.6 Å². The van der Waals surface area contributed by atoms with E-state index in [0.717, 1.165) is 16.1 Å². The molecule has 8 heteroatoms. The van der Waals surface area contributed by atoms with E-state index in [1.807, 2.05) is 19.1 Å². The van der Waals surface area contributed by atoms with E-state index >= 15 is 0 Å². The van der Waals surface area contributed by atoms with E-state index in [1.54, 1.807) is 0 Å². The Bertz CT molecular complexity index is 799. The summed E-state index contributed by atoms with van der Waals surface area (Å²) in [6.45, 7) is 6.88. The SMILES string of the molecule is Cc1cc(CN[C@H](c2nc(-c3ncn[nH]3)no2)C(C)C)ccc1Cl. The lowest BCUT2D eigenvalue weighted by atomic mass is 10.0. The van der Waals surface area contributed by atoms with Crippen molar-refractivity contribution in [1.29, 1.82) is 0 Å². The van der Waals surface area contributed by atoms with Crippen molar-refractivity contribution in [2.24, 2.45) is 5.92 Å². The molecule has 7 nitrogen and oxygen atoms in total. The molecule has 2 heterocycles. The van der Waals surface area contributed by atoms with E-state index in [9.17, 15) is 0 Å². The van der Waals surface area contributed by atoms with E-state index in [2.05, 4.69) is 50.6 Å². The van der Waals surface area contributed by atoms with E-state index in [4.69, 9.17) is 16.1 Å². The number of hydrogen-bond acceptors (Lipinski definition) is 6. The molecule has 3 aromatic rings. The molecule has 0 bridgehead atoms. The molecule has 24 heavy (non-hydrogen) atoms. The van der Waals surface area contributed by atoms with Gasteiger partial charge in [-0.1, -0.05) is 42.7 Å². The van der Waals surface area contributed by atoms with E-state index in [0.29, 0.717) is 24.1 Å². The maximum Gasteiger partial charge on any atom is 0.244 e. The quantitative estimate of drug-likeness (QED) is 0.711. The molecule has 2 N–H and O–H groups in total. The fraction of sp³-hybridized carbons (Fsp3) is 0.375. The van der Waals surface area contributed by atoms with Crippen LogP contribution in [0.15, 0.2) is 29.0 Å². The Kier molecular flexibility index (Phi) is 4.92. The van der Waals surface area contributed by atoms with Crippen LogP contribution in [0.3, 0.4) is 0 Å². The lowest BCUT2D eigenvalue weighted by molar-refractivity contribution is 0.288. The molecule has 0 unspecified atom stereocenters. The number of rotatable bonds is 6. The molecule has 0 saturated heterocycles. The Morgan fingerprint density at radius 2 is 2.17 bits per heavy atom. The number of halogens is 1. The molecule has 2 aromatic heterocycles. The second-order valence-electron chi connectivity index (χ2n) is 5.98. The van der Waals surface area contributed by atoms with E-state index in [-0.39, 0.29) is 12.0 Å². The summed E-state index contributed by atoms with van der Waals surface area (Å²) in [4.78, 5) is 8.45. The lowest BCUT2D eigenvalue weighted by Crippen LogP contribution is -2.25. The zero-order chi connectivity index (χ0) is 17.1. The molecule has 0 aliphatic heterocycles. The molecule has 126 valence electrons. The molecule has 0 spiro atoms. The fourth-order valence-corrected chi connectivity index (χ4v) is 2.54. The molecule has 0 saturated carbocycles. The fourth-order valence-electron chi connectivity index (χ4n) is 2.42. The predicted molar refractivity (Wildman–Crippen MR) is 90.3 cm³/mol. The topological polar surface area (TPSA) is 92.5 Å². The van der Waals surface area contributed by atoms with Gasteiger partial charge in [0.1, 0.15) is 6.33 Å². The second kappa shape index (κ2) is 7.11. The zero-order valence-electron chi connectivity index (χ0n) is 13.7. The van der Waals surface area contributed by atoms with Crippen molar-refractivity contribution in [3.05, 3.63) is 46.6 Å². The monoisotopic (exact) mass is 346 g/mol. The van der Waals surface area contributed by atoms with Gasteiger partial charge >= 0.3 is 0 Å². The van der Waals surface area contributed by atoms with Crippen molar-refractivity contribution < 1.29 is 4.52 Å². The summed E-state index contributed by atoms with van der Waals surface area (Å²) < 4.78 is 5.41. The predicted octanol–water partition coefficient (Wildman–Crippen LogP) is 3.30. The van der Waals surface area contributed by atoms with E-state index in [1.165, 1.54) is 6.33 Å². The summed E-state index contributed by atoms with van der Waals surface area (Å²) in [7, 11) is 0. The zero-order valence-corrected chi connectivity index (χ0v) is 14.5. The van der Waals surface area contributed by atoms with Gasteiger partial charge in [-0.3, -0.25) is 5.10 Å². The molecule has 0 amide bonds. The largest absolute Gasteiger partial charge is 0.337 e. The van der Waals surface area contributed by atoms with Gasteiger partial charge in [0.25, 0.3) is 0 Å². The molecule has 1 aromatic carbocycles. The van der Waals surface area contributed by atoms with Crippen LogP contribution in [0.1, 0.15) is 36.9 Å². The summed E-state index contributed by atoms with van der Waals surface area (Å²) in [6.07, 6.45) is 1.41. The van der Waals surface area contributed by atoms with Gasteiger partial charge in [-0.15, -0.1) is 0 Å². The highest BCUT2D eigenvalue weighted by molar-refractivity contribution is 6.31. The normalized spacial score (nSPS) is 12.7. The number of aromatic amines is 1. The smallest absolute Gasteiger partial charge is 0.244 e. The van der Waals surface area contributed by atoms with Crippen LogP contribution in [0.5, 0.6) is 0 Å². The average molecular weight is 347 g/mol. The van der Waals surface area contributed by atoms with Gasteiger partial charge in [0, 0.05) is 11.6 Å². The third-order valence-corrected chi connectivity index (χ3v) is 4.17. The van der Waals surface area contributed by atoms with Crippen molar-refractivity contribution in [1.82, 2.24) is 30.6 Å². The third-order valence-electron chi connectivity index (χ3n) is 3.75. The van der Waals surface area contributed by atoms with Crippen LogP contribution in [-0.4, -0.2) is 25.3 Å². The number of nitrogens with one attached hydrogen (secondary N) is 2. The van der Waals surface area contributed by atoms with Crippen LogP contribution in [0.25, 0.3) is 11.6 Å². The highest BCUT2D eigenvalue weighted by Gasteiger charge is 2.23. The molecular formula is C16H19ClN6O. The molecular weight excluding hydrogens is 328 g/mol. The molecule has 1 atom stereocenters. The standard InChI is InChI=1S/C16H19ClN6O/c1-9(2)13(18-7-11-4-5-12(17)10(3)6-11)16-21-15(23-24-16)14-19-8-20-22-14/h4-6,8-9,13,18H,7H2,1-3H3,(H,19,20,22)/t13-/m0/s1. The summed E-state index contributed by atoms with van der Waals surface area (Å²) in [5.74, 6) is 1.70. The average Bonchev–Trinajstić information content (AvgIpc) is 3.21. The molecule has 0 aliphatic rings. The second-order valence-corrected chi connectivity index (χ2v) is 6.38. The summed E-state index contributed by atoms with van der Waals surface area (Å²) >= 11 is 6.07. The number of benzene rings is 1. The maximum absolute atomic E-state index is 6.07. The van der Waals surface area contributed by atoms with E-state index < -0.39 is 0 Å². The first-order valence-electron chi connectivity index (χ1n) is 7.72. The first-order chi connectivity index (χ1) is 11.5. The molecule has 0 radical (unpaired) electrons. The minimum Gasteiger partial charge on any atom is -0.337 e. The van der Waals surface area contributed by atoms with Crippen molar-refractivity contribution in [2.75, 3.05) is 0 Å². The van der Waals surface area contributed by atoms with Crippen LogP contribution in [-0.2, 0) is 6.54 Å². The molecule has 3 rings (SSSR count). The van der Waals surface area contributed by atoms with Gasteiger partial charge in [0.2, 0.25) is 11.7 Å². The molecule has 0 aliphatic carbocycles. The van der Waals surface area contributed by atoms with Gasteiger partial charge in [0.05, 0.1) is 6.04 Å². The Labute approximate surface area is 144 Å². The summed E-state index contributed by atoms with van der Waals surface area (Å²) in [6, 6.07) is 5.92. The van der Waals surface area contributed by atoms with Gasteiger partial charge in [-0.2, -0.15) is 10.1 Å². The highest BCUT2D eigenvalue weighted by atomic mass is 35.5. The van der Waals surface area contributed by atoms with Crippen LogP contribution in [0.2, 0.25) is 5.02 Å². The van der Waals surface area contributed by atoms with Gasteiger partial charge in [-0.05, 0) is 30.0 Å². The molecule has 0 fully saturated rings. The number of nitrogens with zero attached hydrogens (tertiary/aromatic N) is 4. The Morgan fingerprint density at radius 1 is 1.33 bits per heavy atom. The van der Waals surface area contributed by atoms with Gasteiger partial charge in [-0.25, -0.2) is 4.98 Å². The number of aryl methyl sites for hydroxylation is 1. The minimum absolute atomic E-state index is 0.0647. The Hall–Kier alpha value is -2.25. The van der Waals surface area contributed by atoms with Crippen LogP contribution in [0.4, 0.5) is 0 Å². The number of H-pyrrole nitrogens is 1. The van der Waals surface area contributed by atoms with Crippen LogP contribution >= 0.6 is 11.6 Å². The van der Waals surface area contributed by atoms with Gasteiger partial charge in [0.15, 0.2) is 5.82 Å².